The maximum atomic E-state index is 13.6. The smallest absolute Gasteiger partial charge is 0.265 e. The molecule has 0 bridgehead atoms. The Balaban J connectivity index is 1.79. The van der Waals surface area contributed by atoms with Gasteiger partial charge in [0, 0.05) is 10.9 Å². The van der Waals surface area contributed by atoms with Crippen molar-refractivity contribution < 1.29 is 14.3 Å². The normalized spacial score (nSPS) is 14.3. The van der Waals surface area contributed by atoms with Crippen molar-refractivity contribution in [3.05, 3.63) is 45.4 Å². The lowest BCUT2D eigenvalue weighted by Crippen LogP contribution is -2.11. The lowest BCUT2D eigenvalue weighted by atomic mass is 10.1. The second-order valence-corrected chi connectivity index (χ2v) is 6.37. The van der Waals surface area contributed by atoms with Gasteiger partial charge in [-0.25, -0.2) is 4.39 Å². The van der Waals surface area contributed by atoms with Crippen LogP contribution in [0.15, 0.2) is 24.3 Å². The fourth-order valence-corrected chi connectivity index (χ4v) is 3.72. The molecular formula is C16H16FNO2S. The molecule has 2 aromatic rings. The van der Waals surface area contributed by atoms with Gasteiger partial charge in [0.05, 0.1) is 10.6 Å². The predicted octanol–water partition coefficient (Wildman–Crippen LogP) is 4.11. The zero-order valence-corrected chi connectivity index (χ0v) is 12.3. The summed E-state index contributed by atoms with van der Waals surface area (Å²) in [5.74, 6) is -1.09. The molecule has 1 amide bonds. The largest absolute Gasteiger partial charge is 0.508 e. The second kappa shape index (κ2) is 5.85. The molecule has 0 saturated heterocycles. The molecular weight excluding hydrogens is 289 g/mol. The standard InChI is InChI=1S/C16H16FNO2S/c17-12-9-11(19)6-7-13(12)18-16(20)15-8-10-4-2-1-3-5-14(10)21-15/h6-9,19H,1-5H2,(H,18,20). The highest BCUT2D eigenvalue weighted by atomic mass is 32.1. The molecule has 110 valence electrons. The van der Waals surface area contributed by atoms with E-state index < -0.39 is 5.82 Å². The number of hydrogen-bond donors (Lipinski definition) is 2. The Morgan fingerprint density at radius 3 is 2.81 bits per heavy atom. The van der Waals surface area contributed by atoms with Gasteiger partial charge in [-0.2, -0.15) is 0 Å². The van der Waals surface area contributed by atoms with E-state index in [0.717, 1.165) is 25.3 Å². The fraction of sp³-hybridized carbons (Fsp3) is 0.312. The minimum absolute atomic E-state index is 0.0846. The van der Waals surface area contributed by atoms with Crippen molar-refractivity contribution in [2.75, 3.05) is 5.32 Å². The molecule has 0 aliphatic heterocycles. The van der Waals surface area contributed by atoms with Crippen LogP contribution in [0.25, 0.3) is 0 Å². The summed E-state index contributed by atoms with van der Waals surface area (Å²) >= 11 is 1.50. The molecule has 0 unspecified atom stereocenters. The van der Waals surface area contributed by atoms with Crippen LogP contribution in [0.5, 0.6) is 5.75 Å². The Labute approximate surface area is 126 Å². The summed E-state index contributed by atoms with van der Waals surface area (Å²) in [6.07, 6.45) is 5.62. The Hall–Kier alpha value is -1.88. The number of fused-ring (bicyclic) bond motifs is 1. The van der Waals surface area contributed by atoms with E-state index in [1.165, 1.54) is 46.8 Å². The monoisotopic (exact) mass is 305 g/mol. The fourth-order valence-electron chi connectivity index (χ4n) is 2.57. The third-order valence-corrected chi connectivity index (χ3v) is 4.91. The van der Waals surface area contributed by atoms with Crippen molar-refractivity contribution in [3.8, 4) is 5.75 Å². The number of carbonyl (C=O) groups excluding carboxylic acids is 1. The number of anilines is 1. The highest BCUT2D eigenvalue weighted by molar-refractivity contribution is 7.14. The summed E-state index contributed by atoms with van der Waals surface area (Å²) in [5.41, 5.74) is 1.34. The van der Waals surface area contributed by atoms with E-state index in [9.17, 15) is 14.3 Å². The van der Waals surface area contributed by atoms with Gasteiger partial charge in [-0.3, -0.25) is 4.79 Å². The van der Waals surface area contributed by atoms with Crippen molar-refractivity contribution >= 4 is 22.9 Å². The summed E-state index contributed by atoms with van der Waals surface area (Å²) in [5, 5.41) is 11.7. The van der Waals surface area contributed by atoms with Crippen molar-refractivity contribution in [2.45, 2.75) is 32.1 Å². The van der Waals surface area contributed by atoms with Gasteiger partial charge in [0.15, 0.2) is 0 Å². The van der Waals surface area contributed by atoms with Crippen molar-refractivity contribution in [1.82, 2.24) is 0 Å². The minimum atomic E-state index is -0.638. The summed E-state index contributed by atoms with van der Waals surface area (Å²) in [4.78, 5) is 14.1. The van der Waals surface area contributed by atoms with Crippen LogP contribution in [0.3, 0.4) is 0 Å². The molecule has 0 saturated carbocycles. The molecule has 1 heterocycles. The first kappa shape index (κ1) is 14.1. The van der Waals surface area contributed by atoms with Gasteiger partial charge >= 0.3 is 0 Å². The molecule has 21 heavy (non-hydrogen) atoms. The molecule has 3 rings (SSSR count). The SMILES string of the molecule is O=C(Nc1ccc(O)cc1F)c1cc2c(s1)CCCCC2. The maximum absolute atomic E-state index is 13.6. The van der Waals surface area contributed by atoms with E-state index in [1.807, 2.05) is 6.07 Å². The molecule has 1 aromatic heterocycles. The average molecular weight is 305 g/mol. The van der Waals surface area contributed by atoms with Gasteiger partial charge in [0.2, 0.25) is 0 Å². The Bertz CT molecular complexity index is 657. The molecule has 0 fully saturated rings. The second-order valence-electron chi connectivity index (χ2n) is 5.24. The quantitative estimate of drug-likeness (QED) is 0.648. The number of carbonyl (C=O) groups is 1. The first-order chi connectivity index (χ1) is 10.1. The predicted molar refractivity (Wildman–Crippen MR) is 81.6 cm³/mol. The van der Waals surface area contributed by atoms with E-state index in [1.54, 1.807) is 0 Å². The number of halogens is 1. The zero-order valence-electron chi connectivity index (χ0n) is 11.5. The number of rotatable bonds is 2. The first-order valence-corrected chi connectivity index (χ1v) is 7.86. The molecule has 1 aliphatic carbocycles. The number of benzene rings is 1. The van der Waals surface area contributed by atoms with Crippen LogP contribution in [-0.2, 0) is 12.8 Å². The van der Waals surface area contributed by atoms with Gasteiger partial charge in [-0.15, -0.1) is 11.3 Å². The van der Waals surface area contributed by atoms with Crippen molar-refractivity contribution in [1.29, 1.82) is 0 Å². The molecule has 1 aliphatic rings. The van der Waals surface area contributed by atoms with Crippen LogP contribution in [0.4, 0.5) is 10.1 Å². The van der Waals surface area contributed by atoms with Gasteiger partial charge in [-0.1, -0.05) is 6.42 Å². The van der Waals surface area contributed by atoms with Crippen LogP contribution < -0.4 is 5.32 Å². The number of aromatic hydroxyl groups is 1. The third kappa shape index (κ3) is 3.08. The Kier molecular flexibility index (Phi) is 3.92. The number of phenols is 1. The van der Waals surface area contributed by atoms with E-state index in [-0.39, 0.29) is 17.3 Å². The molecule has 0 spiro atoms. The minimum Gasteiger partial charge on any atom is -0.508 e. The van der Waals surface area contributed by atoms with E-state index in [0.29, 0.717) is 4.88 Å². The number of amides is 1. The van der Waals surface area contributed by atoms with Crippen LogP contribution >= 0.6 is 11.3 Å². The summed E-state index contributed by atoms with van der Waals surface area (Å²) in [6, 6.07) is 5.63. The van der Waals surface area contributed by atoms with E-state index in [4.69, 9.17) is 0 Å². The van der Waals surface area contributed by atoms with E-state index in [2.05, 4.69) is 5.32 Å². The number of nitrogens with one attached hydrogen (secondary N) is 1. The molecule has 0 radical (unpaired) electrons. The molecule has 3 nitrogen and oxygen atoms in total. The lowest BCUT2D eigenvalue weighted by molar-refractivity contribution is 0.103. The maximum Gasteiger partial charge on any atom is 0.265 e. The summed E-state index contributed by atoms with van der Waals surface area (Å²) in [6.45, 7) is 0. The number of phenolic OH excluding ortho intramolecular Hbond substituents is 1. The van der Waals surface area contributed by atoms with Crippen LogP contribution in [0, 0.1) is 5.82 Å². The van der Waals surface area contributed by atoms with Crippen molar-refractivity contribution in [3.63, 3.8) is 0 Å². The molecule has 2 N–H and O–H groups in total. The Morgan fingerprint density at radius 2 is 2.00 bits per heavy atom. The first-order valence-electron chi connectivity index (χ1n) is 7.05. The average Bonchev–Trinajstić information content (AvgIpc) is 2.73. The summed E-state index contributed by atoms with van der Waals surface area (Å²) < 4.78 is 13.6. The van der Waals surface area contributed by atoms with Gasteiger partial charge in [0.1, 0.15) is 11.6 Å². The zero-order chi connectivity index (χ0) is 14.8. The topological polar surface area (TPSA) is 49.3 Å². The number of hydrogen-bond acceptors (Lipinski definition) is 3. The number of aryl methyl sites for hydroxylation is 2. The number of thiophene rings is 1. The van der Waals surface area contributed by atoms with Crippen LogP contribution in [0.1, 0.15) is 39.4 Å². The van der Waals surface area contributed by atoms with E-state index >= 15 is 0 Å². The highest BCUT2D eigenvalue weighted by Gasteiger charge is 2.17. The van der Waals surface area contributed by atoms with Crippen LogP contribution in [-0.4, -0.2) is 11.0 Å². The van der Waals surface area contributed by atoms with Gasteiger partial charge in [0.25, 0.3) is 5.91 Å². The van der Waals surface area contributed by atoms with Gasteiger partial charge in [-0.05, 0) is 49.4 Å². The Morgan fingerprint density at radius 1 is 1.19 bits per heavy atom. The third-order valence-electron chi connectivity index (χ3n) is 3.67. The van der Waals surface area contributed by atoms with Crippen molar-refractivity contribution in [2.24, 2.45) is 0 Å². The molecule has 1 aromatic carbocycles. The highest BCUT2D eigenvalue weighted by Crippen LogP contribution is 2.30. The van der Waals surface area contributed by atoms with Crippen LogP contribution in [0.2, 0.25) is 0 Å². The molecule has 0 atom stereocenters. The lowest BCUT2D eigenvalue weighted by Gasteiger charge is -2.05. The van der Waals surface area contributed by atoms with Gasteiger partial charge < -0.3 is 10.4 Å². The molecule has 5 heteroatoms. The summed E-state index contributed by atoms with van der Waals surface area (Å²) in [7, 11) is 0.